The SMILES string of the molecule is C#CC(Nc1ncncc1C(=O)O)C(C)C. The van der Waals surface area contributed by atoms with Gasteiger partial charge in [0.05, 0.1) is 6.04 Å². The molecule has 0 saturated carbocycles. The van der Waals surface area contributed by atoms with Gasteiger partial charge in [0.2, 0.25) is 0 Å². The van der Waals surface area contributed by atoms with E-state index in [2.05, 4.69) is 21.2 Å². The van der Waals surface area contributed by atoms with E-state index in [0.29, 0.717) is 0 Å². The van der Waals surface area contributed by atoms with Gasteiger partial charge in [-0.1, -0.05) is 19.8 Å². The molecule has 0 aliphatic carbocycles. The molecule has 0 spiro atoms. The van der Waals surface area contributed by atoms with Crippen LogP contribution in [-0.4, -0.2) is 27.1 Å². The molecule has 0 aromatic carbocycles. The first-order valence-corrected chi connectivity index (χ1v) is 4.82. The average molecular weight is 219 g/mol. The minimum absolute atomic E-state index is 0.0170. The minimum Gasteiger partial charge on any atom is -0.477 e. The zero-order valence-corrected chi connectivity index (χ0v) is 9.14. The van der Waals surface area contributed by atoms with Crippen molar-refractivity contribution in [2.75, 3.05) is 5.32 Å². The van der Waals surface area contributed by atoms with Crippen LogP contribution in [0.5, 0.6) is 0 Å². The van der Waals surface area contributed by atoms with Gasteiger partial charge in [-0.15, -0.1) is 6.42 Å². The molecular formula is C11H13N3O2. The summed E-state index contributed by atoms with van der Waals surface area (Å²) in [6, 6.07) is -0.256. The summed E-state index contributed by atoms with van der Waals surface area (Å²) in [5, 5.41) is 11.8. The maximum absolute atomic E-state index is 10.9. The molecule has 1 unspecified atom stereocenters. The summed E-state index contributed by atoms with van der Waals surface area (Å²) >= 11 is 0. The van der Waals surface area contributed by atoms with Crippen molar-refractivity contribution >= 4 is 11.8 Å². The van der Waals surface area contributed by atoms with E-state index in [1.165, 1.54) is 12.5 Å². The molecule has 0 aliphatic rings. The summed E-state index contributed by atoms with van der Waals surface area (Å²) in [4.78, 5) is 18.4. The van der Waals surface area contributed by atoms with Crippen LogP contribution in [0.2, 0.25) is 0 Å². The van der Waals surface area contributed by atoms with Crippen molar-refractivity contribution < 1.29 is 9.90 Å². The number of anilines is 1. The fraction of sp³-hybridized carbons (Fsp3) is 0.364. The molecule has 0 aliphatic heterocycles. The van der Waals surface area contributed by atoms with Crippen molar-refractivity contribution in [1.82, 2.24) is 9.97 Å². The summed E-state index contributed by atoms with van der Waals surface area (Å²) in [6.07, 6.45) is 7.87. The van der Waals surface area contributed by atoms with Crippen molar-refractivity contribution in [3.05, 3.63) is 18.1 Å². The Hall–Kier alpha value is -2.09. The summed E-state index contributed by atoms with van der Waals surface area (Å²) in [7, 11) is 0. The Morgan fingerprint density at radius 3 is 2.81 bits per heavy atom. The Kier molecular flexibility index (Phi) is 3.84. The summed E-state index contributed by atoms with van der Waals surface area (Å²) in [6.45, 7) is 3.89. The number of carboxylic acids is 1. The molecule has 1 rings (SSSR count). The number of carboxylic acid groups (broad SMARTS) is 1. The van der Waals surface area contributed by atoms with Crippen LogP contribution in [0.25, 0.3) is 0 Å². The number of rotatable bonds is 4. The molecule has 16 heavy (non-hydrogen) atoms. The van der Waals surface area contributed by atoms with Crippen molar-refractivity contribution in [3.63, 3.8) is 0 Å². The van der Waals surface area contributed by atoms with Crippen molar-refractivity contribution in [2.45, 2.75) is 19.9 Å². The Morgan fingerprint density at radius 2 is 2.31 bits per heavy atom. The van der Waals surface area contributed by atoms with Gasteiger partial charge in [0.25, 0.3) is 0 Å². The summed E-state index contributed by atoms with van der Waals surface area (Å²) < 4.78 is 0. The number of nitrogens with zero attached hydrogens (tertiary/aromatic N) is 2. The lowest BCUT2D eigenvalue weighted by Crippen LogP contribution is -2.25. The topological polar surface area (TPSA) is 75.1 Å². The lowest BCUT2D eigenvalue weighted by Gasteiger charge is -2.17. The number of carbonyl (C=O) groups is 1. The van der Waals surface area contributed by atoms with Gasteiger partial charge in [-0.3, -0.25) is 0 Å². The van der Waals surface area contributed by atoms with E-state index in [4.69, 9.17) is 11.5 Å². The molecule has 0 fully saturated rings. The predicted octanol–water partition coefficient (Wildman–Crippen LogP) is 1.24. The zero-order valence-electron chi connectivity index (χ0n) is 9.14. The third-order valence-corrected chi connectivity index (χ3v) is 2.08. The fourth-order valence-electron chi connectivity index (χ4n) is 1.15. The Morgan fingerprint density at radius 1 is 1.62 bits per heavy atom. The summed E-state index contributed by atoms with van der Waals surface area (Å²) in [5.41, 5.74) is 0.0170. The first-order valence-electron chi connectivity index (χ1n) is 4.82. The number of nitrogens with one attached hydrogen (secondary N) is 1. The average Bonchev–Trinajstić information content (AvgIpc) is 2.25. The van der Waals surface area contributed by atoms with Gasteiger partial charge in [0.1, 0.15) is 17.7 Å². The zero-order chi connectivity index (χ0) is 12.1. The normalized spacial score (nSPS) is 11.9. The molecule has 1 aromatic heterocycles. The van der Waals surface area contributed by atoms with Crippen LogP contribution in [0.15, 0.2) is 12.5 Å². The van der Waals surface area contributed by atoms with Crippen molar-refractivity contribution in [2.24, 2.45) is 5.92 Å². The Labute approximate surface area is 93.9 Å². The molecule has 2 N–H and O–H groups in total. The van der Waals surface area contributed by atoms with Crippen LogP contribution >= 0.6 is 0 Å². The smallest absolute Gasteiger partial charge is 0.341 e. The van der Waals surface area contributed by atoms with E-state index < -0.39 is 5.97 Å². The van der Waals surface area contributed by atoms with Crippen LogP contribution in [0.4, 0.5) is 5.82 Å². The van der Waals surface area contributed by atoms with Crippen LogP contribution in [0, 0.1) is 18.3 Å². The van der Waals surface area contributed by atoms with Gasteiger partial charge < -0.3 is 10.4 Å². The third-order valence-electron chi connectivity index (χ3n) is 2.08. The maximum Gasteiger partial charge on any atom is 0.341 e. The number of terminal acetylenes is 1. The Bertz CT molecular complexity index is 423. The second-order valence-electron chi connectivity index (χ2n) is 3.62. The van der Waals surface area contributed by atoms with Crippen LogP contribution in [0.3, 0.4) is 0 Å². The lowest BCUT2D eigenvalue weighted by molar-refractivity contribution is 0.0697. The molecule has 1 atom stereocenters. The highest BCUT2D eigenvalue weighted by Gasteiger charge is 2.16. The highest BCUT2D eigenvalue weighted by Crippen LogP contribution is 2.14. The number of hydrogen-bond donors (Lipinski definition) is 2. The van der Waals surface area contributed by atoms with E-state index in [-0.39, 0.29) is 23.3 Å². The quantitative estimate of drug-likeness (QED) is 0.745. The van der Waals surface area contributed by atoms with E-state index in [1.807, 2.05) is 13.8 Å². The molecule has 1 heterocycles. The Balaban J connectivity index is 2.97. The standard InChI is InChI=1S/C11H13N3O2/c1-4-9(7(2)3)14-10-8(11(15)16)5-12-6-13-10/h1,5-7,9H,2-3H3,(H,15,16)(H,12,13,14). The number of aromatic nitrogens is 2. The first-order chi connectivity index (χ1) is 7.56. The highest BCUT2D eigenvalue weighted by atomic mass is 16.4. The molecule has 0 radical (unpaired) electrons. The molecular weight excluding hydrogens is 206 g/mol. The number of aromatic carboxylic acids is 1. The molecule has 84 valence electrons. The highest BCUT2D eigenvalue weighted by molar-refractivity contribution is 5.92. The van der Waals surface area contributed by atoms with E-state index in [1.54, 1.807) is 0 Å². The molecule has 0 bridgehead atoms. The van der Waals surface area contributed by atoms with Crippen LogP contribution in [0.1, 0.15) is 24.2 Å². The molecule has 1 aromatic rings. The van der Waals surface area contributed by atoms with Crippen LogP contribution in [-0.2, 0) is 0 Å². The molecule has 5 heteroatoms. The van der Waals surface area contributed by atoms with Crippen LogP contribution < -0.4 is 5.32 Å². The van der Waals surface area contributed by atoms with Gasteiger partial charge in [-0.2, -0.15) is 0 Å². The lowest BCUT2D eigenvalue weighted by atomic mass is 10.1. The predicted molar refractivity (Wildman–Crippen MR) is 60.1 cm³/mol. The second kappa shape index (κ2) is 5.12. The monoisotopic (exact) mass is 219 g/mol. The van der Waals surface area contributed by atoms with Crippen molar-refractivity contribution in [3.8, 4) is 12.3 Å². The van der Waals surface area contributed by atoms with Gasteiger partial charge in [0.15, 0.2) is 0 Å². The molecule has 0 saturated heterocycles. The first kappa shape index (κ1) is 12.0. The maximum atomic E-state index is 10.9. The minimum atomic E-state index is -1.08. The number of hydrogen-bond acceptors (Lipinski definition) is 4. The van der Waals surface area contributed by atoms with Gasteiger partial charge in [-0.05, 0) is 5.92 Å². The fourth-order valence-corrected chi connectivity index (χ4v) is 1.15. The van der Waals surface area contributed by atoms with E-state index >= 15 is 0 Å². The van der Waals surface area contributed by atoms with E-state index in [0.717, 1.165) is 0 Å². The summed E-state index contributed by atoms with van der Waals surface area (Å²) in [5.74, 6) is 1.90. The van der Waals surface area contributed by atoms with Crippen molar-refractivity contribution in [1.29, 1.82) is 0 Å². The van der Waals surface area contributed by atoms with Gasteiger partial charge >= 0.3 is 5.97 Å². The largest absolute Gasteiger partial charge is 0.477 e. The van der Waals surface area contributed by atoms with Gasteiger partial charge in [0, 0.05) is 6.20 Å². The van der Waals surface area contributed by atoms with E-state index in [9.17, 15) is 4.79 Å². The molecule has 0 amide bonds. The third kappa shape index (κ3) is 2.70. The molecule has 5 nitrogen and oxygen atoms in total. The second-order valence-corrected chi connectivity index (χ2v) is 3.62. The van der Waals surface area contributed by atoms with Gasteiger partial charge in [-0.25, -0.2) is 14.8 Å².